The van der Waals surface area contributed by atoms with E-state index >= 15 is 0 Å². The van der Waals surface area contributed by atoms with E-state index in [0.29, 0.717) is 12.0 Å². The molecule has 4 heteroatoms. The summed E-state index contributed by atoms with van der Waals surface area (Å²) in [6, 6.07) is 4.23. The van der Waals surface area contributed by atoms with Crippen LogP contribution in [0.3, 0.4) is 0 Å². The Labute approximate surface area is 114 Å². The highest BCUT2D eigenvalue weighted by atomic mass is 16.2. The van der Waals surface area contributed by atoms with Gasteiger partial charge in [0, 0.05) is 12.2 Å². The largest absolute Gasteiger partial charge is 0.309 e. The molecule has 19 heavy (non-hydrogen) atoms. The minimum absolute atomic E-state index is 0.0502. The fourth-order valence-electron chi connectivity index (χ4n) is 3.61. The third-order valence-electron chi connectivity index (χ3n) is 4.58. The van der Waals surface area contributed by atoms with E-state index in [9.17, 15) is 4.79 Å². The Morgan fingerprint density at radius 1 is 1.32 bits per heavy atom. The molecule has 0 bridgehead atoms. The standard InChI is InChI=1S/C15H21N3O/c1-16-13-8-7-11-4-2-6-14(11)18(15(13)19)12-5-3-9-17-10-12/h3,5,9-11,13-14,16H,2,4,6-8H2,1H3. The Balaban J connectivity index is 1.97. The van der Waals surface area contributed by atoms with Crippen LogP contribution in [0.5, 0.6) is 0 Å². The predicted octanol–water partition coefficient (Wildman–Crippen LogP) is 1.97. The Kier molecular flexibility index (Phi) is 3.51. The first-order valence-corrected chi connectivity index (χ1v) is 7.21. The lowest BCUT2D eigenvalue weighted by Gasteiger charge is -2.31. The zero-order valence-corrected chi connectivity index (χ0v) is 11.4. The van der Waals surface area contributed by atoms with Crippen molar-refractivity contribution in [2.75, 3.05) is 11.9 Å². The molecule has 0 aromatic carbocycles. The SMILES string of the molecule is CNC1CCC2CCCC2N(c2cccnc2)C1=O. The van der Waals surface area contributed by atoms with Crippen LogP contribution in [-0.2, 0) is 4.79 Å². The number of amides is 1. The average molecular weight is 259 g/mol. The number of anilines is 1. The third kappa shape index (κ3) is 2.25. The summed E-state index contributed by atoms with van der Waals surface area (Å²) in [4.78, 5) is 18.9. The molecule has 3 atom stereocenters. The highest BCUT2D eigenvalue weighted by molar-refractivity contribution is 5.98. The minimum atomic E-state index is -0.0502. The summed E-state index contributed by atoms with van der Waals surface area (Å²) in [7, 11) is 1.88. The number of hydrogen-bond acceptors (Lipinski definition) is 3. The summed E-state index contributed by atoms with van der Waals surface area (Å²) in [6.45, 7) is 0. The number of pyridine rings is 1. The van der Waals surface area contributed by atoms with Gasteiger partial charge in [0.1, 0.15) is 0 Å². The number of aromatic nitrogens is 1. The van der Waals surface area contributed by atoms with Crippen molar-refractivity contribution in [3.8, 4) is 0 Å². The number of carbonyl (C=O) groups is 1. The number of carbonyl (C=O) groups excluding carboxylic acids is 1. The van der Waals surface area contributed by atoms with Gasteiger partial charge in [0.2, 0.25) is 5.91 Å². The van der Waals surface area contributed by atoms with E-state index in [1.54, 1.807) is 6.20 Å². The molecule has 1 aliphatic heterocycles. The van der Waals surface area contributed by atoms with Crippen LogP contribution in [0.2, 0.25) is 0 Å². The number of nitrogens with one attached hydrogen (secondary N) is 1. The van der Waals surface area contributed by atoms with Crippen molar-refractivity contribution in [1.82, 2.24) is 10.3 Å². The normalized spacial score (nSPS) is 31.1. The predicted molar refractivity (Wildman–Crippen MR) is 74.9 cm³/mol. The summed E-state index contributed by atoms with van der Waals surface area (Å²) in [5.41, 5.74) is 0.951. The highest BCUT2D eigenvalue weighted by Gasteiger charge is 2.40. The van der Waals surface area contributed by atoms with Gasteiger partial charge in [-0.3, -0.25) is 9.78 Å². The van der Waals surface area contributed by atoms with Crippen LogP contribution in [0.25, 0.3) is 0 Å². The van der Waals surface area contributed by atoms with Gasteiger partial charge in [0.25, 0.3) is 0 Å². The van der Waals surface area contributed by atoms with Crippen molar-refractivity contribution >= 4 is 11.6 Å². The first-order valence-electron chi connectivity index (χ1n) is 7.21. The topological polar surface area (TPSA) is 45.2 Å². The van der Waals surface area contributed by atoms with Crippen molar-refractivity contribution in [3.63, 3.8) is 0 Å². The van der Waals surface area contributed by atoms with Crippen LogP contribution in [0.1, 0.15) is 32.1 Å². The fraction of sp³-hybridized carbons (Fsp3) is 0.600. The smallest absolute Gasteiger partial charge is 0.244 e. The average Bonchev–Trinajstić information content (AvgIpc) is 2.84. The fourth-order valence-corrected chi connectivity index (χ4v) is 3.61. The summed E-state index contributed by atoms with van der Waals surface area (Å²) in [5.74, 6) is 0.868. The molecule has 1 saturated carbocycles. The second-order valence-electron chi connectivity index (χ2n) is 5.60. The molecular weight excluding hydrogens is 238 g/mol. The zero-order valence-electron chi connectivity index (χ0n) is 11.4. The molecular formula is C15H21N3O. The summed E-state index contributed by atoms with van der Waals surface area (Å²) >= 11 is 0. The van der Waals surface area contributed by atoms with Gasteiger partial charge in [0.15, 0.2) is 0 Å². The number of fused-ring (bicyclic) bond motifs is 1. The summed E-state index contributed by atoms with van der Waals surface area (Å²) < 4.78 is 0. The van der Waals surface area contributed by atoms with Crippen LogP contribution < -0.4 is 10.2 Å². The first kappa shape index (κ1) is 12.6. The lowest BCUT2D eigenvalue weighted by molar-refractivity contribution is -0.120. The molecule has 1 aromatic heterocycles. The summed E-state index contributed by atoms with van der Waals surface area (Å²) in [5, 5.41) is 3.17. The molecule has 3 unspecified atom stereocenters. The molecule has 102 valence electrons. The van der Waals surface area contributed by atoms with Gasteiger partial charge in [-0.15, -0.1) is 0 Å². The molecule has 3 rings (SSSR count). The first-order chi connectivity index (χ1) is 9.31. The van der Waals surface area contributed by atoms with Crippen molar-refractivity contribution in [1.29, 1.82) is 0 Å². The van der Waals surface area contributed by atoms with Gasteiger partial charge in [-0.05, 0) is 50.8 Å². The molecule has 1 aliphatic carbocycles. The molecule has 2 fully saturated rings. The lowest BCUT2D eigenvalue weighted by Crippen LogP contribution is -2.48. The maximum absolute atomic E-state index is 12.8. The number of nitrogens with zero attached hydrogens (tertiary/aromatic N) is 2. The van der Waals surface area contributed by atoms with Gasteiger partial charge < -0.3 is 10.2 Å². The highest BCUT2D eigenvalue weighted by Crippen LogP contribution is 2.38. The monoisotopic (exact) mass is 259 g/mol. The van der Waals surface area contributed by atoms with Crippen molar-refractivity contribution < 1.29 is 4.79 Å². The van der Waals surface area contributed by atoms with Crippen molar-refractivity contribution in [2.45, 2.75) is 44.2 Å². The van der Waals surface area contributed by atoms with Crippen molar-refractivity contribution in [3.05, 3.63) is 24.5 Å². The summed E-state index contributed by atoms with van der Waals surface area (Å²) in [6.07, 6.45) is 9.29. The Hall–Kier alpha value is -1.42. The Bertz CT molecular complexity index is 448. The quantitative estimate of drug-likeness (QED) is 0.883. The van der Waals surface area contributed by atoms with Gasteiger partial charge in [0.05, 0.1) is 17.9 Å². The lowest BCUT2D eigenvalue weighted by atomic mass is 9.97. The maximum atomic E-state index is 12.8. The maximum Gasteiger partial charge on any atom is 0.244 e. The van der Waals surface area contributed by atoms with Gasteiger partial charge in [-0.1, -0.05) is 6.42 Å². The van der Waals surface area contributed by atoms with Crippen LogP contribution in [0.15, 0.2) is 24.5 Å². The van der Waals surface area contributed by atoms with E-state index in [0.717, 1.165) is 24.9 Å². The number of hydrogen-bond donors (Lipinski definition) is 1. The van der Waals surface area contributed by atoms with Crippen LogP contribution in [0.4, 0.5) is 5.69 Å². The van der Waals surface area contributed by atoms with E-state index in [1.807, 2.05) is 30.3 Å². The molecule has 0 spiro atoms. The second kappa shape index (κ2) is 5.29. The molecule has 1 amide bonds. The van der Waals surface area contributed by atoms with Gasteiger partial charge in [-0.2, -0.15) is 0 Å². The van der Waals surface area contributed by atoms with E-state index in [2.05, 4.69) is 10.3 Å². The second-order valence-corrected chi connectivity index (χ2v) is 5.60. The van der Waals surface area contributed by atoms with E-state index in [1.165, 1.54) is 12.8 Å². The Morgan fingerprint density at radius 2 is 2.21 bits per heavy atom. The number of rotatable bonds is 2. The molecule has 0 radical (unpaired) electrons. The zero-order chi connectivity index (χ0) is 13.2. The van der Waals surface area contributed by atoms with E-state index < -0.39 is 0 Å². The van der Waals surface area contributed by atoms with E-state index in [4.69, 9.17) is 0 Å². The molecule has 1 aromatic rings. The van der Waals surface area contributed by atoms with Crippen LogP contribution >= 0.6 is 0 Å². The van der Waals surface area contributed by atoms with Crippen molar-refractivity contribution in [2.24, 2.45) is 5.92 Å². The molecule has 4 nitrogen and oxygen atoms in total. The third-order valence-corrected chi connectivity index (χ3v) is 4.58. The van der Waals surface area contributed by atoms with Gasteiger partial charge in [-0.25, -0.2) is 0 Å². The van der Waals surface area contributed by atoms with E-state index in [-0.39, 0.29) is 11.9 Å². The number of likely N-dealkylation sites (N-methyl/N-ethyl adjacent to an activating group) is 1. The molecule has 2 heterocycles. The molecule has 2 aliphatic rings. The molecule has 1 saturated heterocycles. The van der Waals surface area contributed by atoms with Crippen LogP contribution in [-0.4, -0.2) is 30.0 Å². The van der Waals surface area contributed by atoms with Gasteiger partial charge >= 0.3 is 0 Å². The van der Waals surface area contributed by atoms with Crippen LogP contribution in [0, 0.1) is 5.92 Å². The molecule has 1 N–H and O–H groups in total. The minimum Gasteiger partial charge on any atom is -0.309 e. The Morgan fingerprint density at radius 3 is 2.95 bits per heavy atom.